The number of sulfonamides is 1. The summed E-state index contributed by atoms with van der Waals surface area (Å²) in [7, 11) is -3.72. The van der Waals surface area contributed by atoms with Crippen LogP contribution in [-0.2, 0) is 10.0 Å². The first-order valence-corrected chi connectivity index (χ1v) is 11.2. The fourth-order valence-electron chi connectivity index (χ4n) is 3.79. The van der Waals surface area contributed by atoms with Crippen molar-refractivity contribution in [2.24, 2.45) is 0 Å². The van der Waals surface area contributed by atoms with Gasteiger partial charge in [-0.1, -0.05) is 67.1 Å². The molecule has 0 radical (unpaired) electrons. The first kappa shape index (κ1) is 19.5. The molecule has 1 atom stereocenters. The van der Waals surface area contributed by atoms with Crippen molar-refractivity contribution in [1.29, 1.82) is 5.41 Å². The fourth-order valence-corrected chi connectivity index (χ4v) is 5.43. The van der Waals surface area contributed by atoms with E-state index >= 15 is 0 Å². The summed E-state index contributed by atoms with van der Waals surface area (Å²) in [5, 5.41) is 7.39. The van der Waals surface area contributed by atoms with Gasteiger partial charge in [0.1, 0.15) is 0 Å². The van der Waals surface area contributed by atoms with E-state index in [-0.39, 0.29) is 11.1 Å². The van der Waals surface area contributed by atoms with Gasteiger partial charge in [-0.3, -0.25) is 0 Å². The Morgan fingerprint density at radius 2 is 1.69 bits per heavy atom. The lowest BCUT2D eigenvalue weighted by molar-refractivity contribution is 0.255. The number of nitrogens with zero attached hydrogens (tertiary/aromatic N) is 2. The predicted molar refractivity (Wildman–Crippen MR) is 114 cm³/mol. The van der Waals surface area contributed by atoms with Crippen molar-refractivity contribution >= 4 is 16.2 Å². The second-order valence-corrected chi connectivity index (χ2v) is 9.00. The highest BCUT2D eigenvalue weighted by Gasteiger charge is 2.35. The topological polar surface area (TPSA) is 74.1 Å². The molecular weight excluding hydrogens is 382 g/mol. The van der Waals surface area contributed by atoms with Crippen molar-refractivity contribution in [3.05, 3.63) is 83.9 Å². The van der Waals surface area contributed by atoms with E-state index in [1.165, 1.54) is 6.21 Å². The summed E-state index contributed by atoms with van der Waals surface area (Å²) >= 11 is 0. The summed E-state index contributed by atoms with van der Waals surface area (Å²) in [4.78, 5) is 4.49. The number of rotatable bonds is 5. The zero-order valence-electron chi connectivity index (χ0n) is 16.0. The molecule has 0 amide bonds. The first-order valence-electron chi connectivity index (χ1n) is 9.74. The van der Waals surface area contributed by atoms with Gasteiger partial charge in [-0.2, -0.15) is 4.31 Å². The molecule has 2 heterocycles. The minimum atomic E-state index is -3.72. The van der Waals surface area contributed by atoms with E-state index in [1.54, 1.807) is 16.4 Å². The van der Waals surface area contributed by atoms with Crippen molar-refractivity contribution in [1.82, 2.24) is 9.29 Å². The molecule has 0 aliphatic carbocycles. The van der Waals surface area contributed by atoms with Crippen LogP contribution >= 0.6 is 0 Å². The number of pyridine rings is 1. The molecule has 1 aliphatic heterocycles. The van der Waals surface area contributed by atoms with E-state index in [0.717, 1.165) is 36.0 Å². The molecule has 1 aliphatic rings. The van der Waals surface area contributed by atoms with E-state index in [9.17, 15) is 8.42 Å². The Kier molecular flexibility index (Phi) is 5.56. The van der Waals surface area contributed by atoms with Gasteiger partial charge in [-0.15, -0.1) is 0 Å². The molecule has 5 nitrogen and oxygen atoms in total. The van der Waals surface area contributed by atoms with Gasteiger partial charge in [-0.05, 0) is 36.1 Å². The minimum absolute atomic E-state index is 0.0777. The molecule has 0 bridgehead atoms. The molecule has 1 aromatic heterocycles. The van der Waals surface area contributed by atoms with Crippen LogP contribution in [0.25, 0.3) is 11.3 Å². The van der Waals surface area contributed by atoms with Crippen molar-refractivity contribution in [3.8, 4) is 11.3 Å². The standard InChI is InChI=1S/C23H23N3O2S/c24-17-18-12-14-19(15-13-18)21-9-6-11-23(25-21)29(27,28)26-16-5-4-10-22(26)20-7-2-1-3-8-20/h1-3,6-9,11-15,17,22,24H,4-5,10,16H2. The Morgan fingerprint density at radius 1 is 0.931 bits per heavy atom. The van der Waals surface area contributed by atoms with Crippen LogP contribution in [0.15, 0.2) is 77.8 Å². The summed E-state index contributed by atoms with van der Waals surface area (Å²) in [5.41, 5.74) is 3.24. The van der Waals surface area contributed by atoms with Gasteiger partial charge >= 0.3 is 0 Å². The van der Waals surface area contributed by atoms with E-state index in [2.05, 4.69) is 4.98 Å². The monoisotopic (exact) mass is 405 g/mol. The Hall–Kier alpha value is -2.83. The Balaban J connectivity index is 1.70. The molecule has 6 heteroatoms. The molecular formula is C23H23N3O2S. The average molecular weight is 406 g/mol. The molecule has 0 spiro atoms. The van der Waals surface area contributed by atoms with Crippen LogP contribution in [0.1, 0.15) is 36.4 Å². The van der Waals surface area contributed by atoms with Crippen LogP contribution in [0.5, 0.6) is 0 Å². The summed E-state index contributed by atoms with van der Waals surface area (Å²) in [6.07, 6.45) is 3.96. The Morgan fingerprint density at radius 3 is 2.41 bits per heavy atom. The third-order valence-corrected chi connectivity index (χ3v) is 7.12. The molecule has 4 rings (SSSR count). The number of benzene rings is 2. The Bertz CT molecular complexity index is 1100. The highest BCUT2D eigenvalue weighted by atomic mass is 32.2. The largest absolute Gasteiger partial charge is 0.308 e. The molecule has 0 saturated carbocycles. The second-order valence-electron chi connectivity index (χ2n) is 7.17. The first-order chi connectivity index (χ1) is 14.1. The zero-order valence-corrected chi connectivity index (χ0v) is 16.8. The fraction of sp³-hybridized carbons (Fsp3) is 0.217. The van der Waals surface area contributed by atoms with Gasteiger partial charge in [0.15, 0.2) is 5.03 Å². The quantitative estimate of drug-likeness (QED) is 0.627. The molecule has 1 saturated heterocycles. The second kappa shape index (κ2) is 8.27. The highest BCUT2D eigenvalue weighted by Crippen LogP contribution is 2.35. The SMILES string of the molecule is N=Cc1ccc(-c2cccc(S(=O)(=O)N3CCCCC3c3ccccc3)n2)cc1. The number of nitrogens with one attached hydrogen (secondary N) is 1. The number of hydrogen-bond acceptors (Lipinski definition) is 4. The third kappa shape index (κ3) is 3.99. The lowest BCUT2D eigenvalue weighted by atomic mass is 9.98. The van der Waals surface area contributed by atoms with Crippen molar-refractivity contribution in [2.75, 3.05) is 6.54 Å². The predicted octanol–water partition coefficient (Wildman–Crippen LogP) is 4.66. The van der Waals surface area contributed by atoms with E-state index in [4.69, 9.17) is 5.41 Å². The lowest BCUT2D eigenvalue weighted by Gasteiger charge is -2.34. The van der Waals surface area contributed by atoms with Gasteiger partial charge < -0.3 is 5.41 Å². The van der Waals surface area contributed by atoms with Crippen LogP contribution in [0.3, 0.4) is 0 Å². The summed E-state index contributed by atoms with van der Waals surface area (Å²) in [5.74, 6) is 0. The van der Waals surface area contributed by atoms with Crippen LogP contribution in [0, 0.1) is 5.41 Å². The lowest BCUT2D eigenvalue weighted by Crippen LogP contribution is -2.38. The molecule has 148 valence electrons. The van der Waals surface area contributed by atoms with Crippen LogP contribution in [-0.4, -0.2) is 30.5 Å². The van der Waals surface area contributed by atoms with Gasteiger partial charge in [-0.25, -0.2) is 13.4 Å². The molecule has 1 fully saturated rings. The van der Waals surface area contributed by atoms with Crippen molar-refractivity contribution in [3.63, 3.8) is 0 Å². The molecule has 1 unspecified atom stereocenters. The maximum absolute atomic E-state index is 13.5. The highest BCUT2D eigenvalue weighted by molar-refractivity contribution is 7.89. The van der Waals surface area contributed by atoms with Gasteiger partial charge in [0.05, 0.1) is 11.7 Å². The van der Waals surface area contributed by atoms with E-state index < -0.39 is 10.0 Å². The normalized spacial score (nSPS) is 17.7. The van der Waals surface area contributed by atoms with Crippen molar-refractivity contribution in [2.45, 2.75) is 30.3 Å². The van der Waals surface area contributed by atoms with Crippen LogP contribution in [0.4, 0.5) is 0 Å². The number of aromatic nitrogens is 1. The van der Waals surface area contributed by atoms with Gasteiger partial charge in [0, 0.05) is 18.3 Å². The molecule has 3 aromatic rings. The molecule has 1 N–H and O–H groups in total. The summed E-state index contributed by atoms with van der Waals surface area (Å²) in [6, 6.07) is 22.1. The summed E-state index contributed by atoms with van der Waals surface area (Å²) < 4.78 is 28.6. The van der Waals surface area contributed by atoms with Gasteiger partial charge in [0.25, 0.3) is 10.0 Å². The molecule has 2 aromatic carbocycles. The zero-order chi connectivity index (χ0) is 20.3. The number of hydrogen-bond donors (Lipinski definition) is 1. The minimum Gasteiger partial charge on any atom is -0.308 e. The maximum atomic E-state index is 13.5. The van der Waals surface area contributed by atoms with Gasteiger partial charge in [0.2, 0.25) is 0 Å². The van der Waals surface area contributed by atoms with E-state index in [0.29, 0.717) is 12.2 Å². The Labute approximate surface area is 171 Å². The third-order valence-electron chi connectivity index (χ3n) is 5.31. The smallest absolute Gasteiger partial charge is 0.261 e. The maximum Gasteiger partial charge on any atom is 0.261 e. The van der Waals surface area contributed by atoms with Crippen LogP contribution < -0.4 is 0 Å². The summed E-state index contributed by atoms with van der Waals surface area (Å²) in [6.45, 7) is 0.502. The molecule has 29 heavy (non-hydrogen) atoms. The van der Waals surface area contributed by atoms with Crippen LogP contribution in [0.2, 0.25) is 0 Å². The van der Waals surface area contributed by atoms with E-state index in [1.807, 2.05) is 60.7 Å². The van der Waals surface area contributed by atoms with Crippen molar-refractivity contribution < 1.29 is 8.42 Å². The average Bonchev–Trinajstić information content (AvgIpc) is 2.80. The number of piperidine rings is 1.